The van der Waals surface area contributed by atoms with E-state index in [0.717, 1.165) is 15.5 Å². The van der Waals surface area contributed by atoms with Gasteiger partial charge in [-0.15, -0.1) is 0 Å². The second kappa shape index (κ2) is 9.47. The smallest absolute Gasteiger partial charge is 0.303 e. The van der Waals surface area contributed by atoms with E-state index in [2.05, 4.69) is 31.2 Å². The molecule has 4 rings (SSSR count). The van der Waals surface area contributed by atoms with Crippen LogP contribution in [0.4, 0.5) is 5.95 Å². The fourth-order valence-corrected chi connectivity index (χ4v) is 4.25. The third-order valence-electron chi connectivity index (χ3n) is 5.33. The van der Waals surface area contributed by atoms with E-state index in [1.165, 1.54) is 4.90 Å². The number of aryl methyl sites for hydroxylation is 1. The van der Waals surface area contributed by atoms with Crippen LogP contribution in [-0.4, -0.2) is 55.4 Å². The molecule has 0 fully saturated rings. The molecule has 1 aliphatic heterocycles. The van der Waals surface area contributed by atoms with Crippen molar-refractivity contribution in [1.82, 2.24) is 19.4 Å². The molecule has 0 unspecified atom stereocenters. The molecular formula is C22H22BrN5O4. The fraction of sp³-hybridized carbons (Fsp3) is 0.318. The predicted molar refractivity (Wildman–Crippen MR) is 122 cm³/mol. The second-order valence-corrected chi connectivity index (χ2v) is 8.39. The van der Waals surface area contributed by atoms with Gasteiger partial charge in [-0.3, -0.25) is 19.3 Å². The number of unbranched alkanes of at least 4 members (excludes halogenated alkanes) is 1. The Morgan fingerprint density at radius 2 is 1.78 bits per heavy atom. The lowest BCUT2D eigenvalue weighted by Gasteiger charge is -2.14. The van der Waals surface area contributed by atoms with Crippen molar-refractivity contribution in [3.8, 4) is 0 Å². The molecule has 1 aliphatic rings. The molecule has 2 aromatic heterocycles. The summed E-state index contributed by atoms with van der Waals surface area (Å²) in [4.78, 5) is 45.8. The van der Waals surface area contributed by atoms with Gasteiger partial charge < -0.3 is 15.0 Å². The first-order valence-corrected chi connectivity index (χ1v) is 11.2. The predicted octanol–water partition coefficient (Wildman–Crippen LogP) is 3.55. The van der Waals surface area contributed by atoms with E-state index in [1.54, 1.807) is 30.5 Å². The first kappa shape index (κ1) is 21.9. The molecular weight excluding hydrogens is 478 g/mol. The van der Waals surface area contributed by atoms with Gasteiger partial charge in [0.15, 0.2) is 0 Å². The van der Waals surface area contributed by atoms with Gasteiger partial charge in [0.25, 0.3) is 11.8 Å². The van der Waals surface area contributed by atoms with Crippen molar-refractivity contribution < 1.29 is 19.5 Å². The van der Waals surface area contributed by atoms with Gasteiger partial charge in [-0.2, -0.15) is 4.98 Å². The van der Waals surface area contributed by atoms with Gasteiger partial charge >= 0.3 is 5.97 Å². The molecule has 1 aromatic carbocycles. The van der Waals surface area contributed by atoms with Crippen LogP contribution in [0.3, 0.4) is 0 Å². The van der Waals surface area contributed by atoms with Crippen LogP contribution in [0.5, 0.6) is 0 Å². The summed E-state index contributed by atoms with van der Waals surface area (Å²) in [5.74, 6) is -0.826. The Morgan fingerprint density at radius 3 is 2.47 bits per heavy atom. The summed E-state index contributed by atoms with van der Waals surface area (Å²) in [6, 6.07) is 6.88. The van der Waals surface area contributed by atoms with Crippen LogP contribution in [0.25, 0.3) is 11.0 Å². The number of hydrogen-bond donors (Lipinski definition) is 2. The molecule has 3 aromatic rings. The Morgan fingerprint density at radius 1 is 1.06 bits per heavy atom. The van der Waals surface area contributed by atoms with Crippen LogP contribution in [0.2, 0.25) is 0 Å². The third-order valence-corrected chi connectivity index (χ3v) is 5.96. The van der Waals surface area contributed by atoms with Gasteiger partial charge in [0, 0.05) is 42.9 Å². The number of aliphatic carboxylic acids is 1. The van der Waals surface area contributed by atoms with Crippen molar-refractivity contribution in [2.24, 2.45) is 0 Å². The highest BCUT2D eigenvalue weighted by Gasteiger charge is 2.34. The lowest BCUT2D eigenvalue weighted by Crippen LogP contribution is -2.31. The summed E-state index contributed by atoms with van der Waals surface area (Å²) in [6.45, 7) is 1.48. The standard InChI is InChI=1S/C22H22BrN5O4/c23-17-13-27(10-5-11-28-20(31)14-6-1-2-7-15(14)21(28)32)19-16(17)12-25-22(26-19)24-9-4-3-8-18(29)30/h1-2,6-7,12-13H,3-5,8-11H2,(H,29,30)(H,24,25,26). The fourth-order valence-electron chi connectivity index (χ4n) is 3.73. The van der Waals surface area contributed by atoms with E-state index in [0.29, 0.717) is 56.0 Å². The van der Waals surface area contributed by atoms with Crippen LogP contribution < -0.4 is 5.32 Å². The first-order valence-electron chi connectivity index (χ1n) is 10.4. The quantitative estimate of drug-likeness (QED) is 0.323. The highest BCUT2D eigenvalue weighted by Crippen LogP contribution is 2.26. The molecule has 0 bridgehead atoms. The highest BCUT2D eigenvalue weighted by atomic mass is 79.9. The Hall–Kier alpha value is -3.27. The van der Waals surface area contributed by atoms with E-state index < -0.39 is 5.97 Å². The van der Waals surface area contributed by atoms with Crippen molar-refractivity contribution >= 4 is 50.7 Å². The summed E-state index contributed by atoms with van der Waals surface area (Å²) < 4.78 is 2.83. The van der Waals surface area contributed by atoms with E-state index >= 15 is 0 Å². The largest absolute Gasteiger partial charge is 0.481 e. The number of halogens is 1. The minimum absolute atomic E-state index is 0.143. The minimum Gasteiger partial charge on any atom is -0.481 e. The molecule has 166 valence electrons. The number of benzene rings is 1. The Balaban J connectivity index is 1.38. The van der Waals surface area contributed by atoms with Crippen LogP contribution in [-0.2, 0) is 11.3 Å². The molecule has 0 saturated carbocycles. The molecule has 10 heteroatoms. The van der Waals surface area contributed by atoms with Crippen LogP contribution in [0.1, 0.15) is 46.4 Å². The zero-order chi connectivity index (χ0) is 22.7. The molecule has 0 spiro atoms. The molecule has 2 N–H and O–H groups in total. The number of imide groups is 1. The maximum atomic E-state index is 12.5. The lowest BCUT2D eigenvalue weighted by molar-refractivity contribution is -0.137. The summed E-state index contributed by atoms with van der Waals surface area (Å²) in [5.41, 5.74) is 1.65. The number of nitrogens with one attached hydrogen (secondary N) is 1. The van der Waals surface area contributed by atoms with Gasteiger partial charge in [0.2, 0.25) is 5.95 Å². The SMILES string of the molecule is O=C(O)CCCCNc1ncc2c(Br)cn(CCCN3C(=O)c4ccccc4C3=O)c2n1. The molecule has 0 saturated heterocycles. The molecule has 0 atom stereocenters. The molecule has 3 heterocycles. The summed E-state index contributed by atoms with van der Waals surface area (Å²) in [6.07, 6.45) is 5.67. The van der Waals surface area contributed by atoms with E-state index in [-0.39, 0.29) is 18.2 Å². The number of anilines is 1. The highest BCUT2D eigenvalue weighted by molar-refractivity contribution is 9.10. The Bertz CT molecular complexity index is 1160. The molecule has 9 nitrogen and oxygen atoms in total. The number of nitrogens with zero attached hydrogens (tertiary/aromatic N) is 4. The number of hydrogen-bond acceptors (Lipinski definition) is 6. The maximum absolute atomic E-state index is 12.5. The molecule has 32 heavy (non-hydrogen) atoms. The number of carbonyl (C=O) groups is 3. The molecule has 0 aliphatic carbocycles. The Kier molecular flexibility index (Phi) is 6.50. The van der Waals surface area contributed by atoms with Crippen molar-refractivity contribution in [2.75, 3.05) is 18.4 Å². The summed E-state index contributed by atoms with van der Waals surface area (Å²) >= 11 is 3.53. The van der Waals surface area contributed by atoms with E-state index in [1.807, 2.05) is 10.8 Å². The van der Waals surface area contributed by atoms with Crippen LogP contribution in [0.15, 0.2) is 41.1 Å². The number of carboxylic acids is 1. The number of amides is 2. The number of carbonyl (C=O) groups excluding carboxylic acids is 2. The van der Waals surface area contributed by atoms with E-state index in [4.69, 9.17) is 5.11 Å². The average Bonchev–Trinajstić information content (AvgIpc) is 3.22. The Labute approximate surface area is 192 Å². The summed E-state index contributed by atoms with van der Waals surface area (Å²) in [7, 11) is 0. The van der Waals surface area contributed by atoms with Gasteiger partial charge in [-0.05, 0) is 47.3 Å². The zero-order valence-electron chi connectivity index (χ0n) is 17.3. The maximum Gasteiger partial charge on any atom is 0.303 e. The number of rotatable bonds is 10. The summed E-state index contributed by atoms with van der Waals surface area (Å²) in [5, 5.41) is 12.7. The molecule has 2 amide bonds. The topological polar surface area (TPSA) is 117 Å². The monoisotopic (exact) mass is 499 g/mol. The third kappa shape index (κ3) is 4.50. The second-order valence-electron chi connectivity index (χ2n) is 7.54. The average molecular weight is 500 g/mol. The van der Waals surface area contributed by atoms with Gasteiger partial charge in [-0.1, -0.05) is 12.1 Å². The van der Waals surface area contributed by atoms with Gasteiger partial charge in [-0.25, -0.2) is 4.98 Å². The first-order chi connectivity index (χ1) is 15.5. The van der Waals surface area contributed by atoms with E-state index in [9.17, 15) is 14.4 Å². The number of fused-ring (bicyclic) bond motifs is 2. The van der Waals surface area contributed by atoms with Crippen molar-refractivity contribution in [2.45, 2.75) is 32.2 Å². The number of aromatic nitrogens is 3. The normalized spacial score (nSPS) is 13.1. The van der Waals surface area contributed by atoms with Gasteiger partial charge in [0.05, 0.1) is 16.5 Å². The van der Waals surface area contributed by atoms with Gasteiger partial charge in [0.1, 0.15) is 5.65 Å². The number of carboxylic acid groups (broad SMARTS) is 1. The van der Waals surface area contributed by atoms with Crippen molar-refractivity contribution in [3.63, 3.8) is 0 Å². The molecule has 0 radical (unpaired) electrons. The lowest BCUT2D eigenvalue weighted by atomic mass is 10.1. The van der Waals surface area contributed by atoms with Crippen LogP contribution in [0, 0.1) is 0 Å². The van der Waals surface area contributed by atoms with Crippen molar-refractivity contribution in [1.29, 1.82) is 0 Å². The van der Waals surface area contributed by atoms with Crippen LogP contribution >= 0.6 is 15.9 Å². The zero-order valence-corrected chi connectivity index (χ0v) is 18.8. The minimum atomic E-state index is -0.799. The van der Waals surface area contributed by atoms with Crippen molar-refractivity contribution in [3.05, 3.63) is 52.3 Å².